The number of hydrogen-bond acceptors (Lipinski definition) is 2. The maximum Gasteiger partial charge on any atom is 0.263 e. The largest absolute Gasteiger partial charge is 0.385 e. The number of ether oxygens (including phenoxy) is 1. The molecule has 0 fully saturated rings. The van der Waals surface area contributed by atoms with Crippen molar-refractivity contribution in [2.45, 2.75) is 13.0 Å². The maximum absolute atomic E-state index is 11.5. The van der Waals surface area contributed by atoms with Crippen LogP contribution in [-0.4, -0.2) is 18.3 Å². The Morgan fingerprint density at radius 1 is 1.62 bits per heavy atom. The minimum atomic E-state index is 0.0826. The Balaban J connectivity index is 2.67. The molecule has 1 aromatic rings. The number of pyridine rings is 1. The van der Waals surface area contributed by atoms with Gasteiger partial charge in [0, 0.05) is 26.5 Å². The zero-order valence-electron chi connectivity index (χ0n) is 7.50. The SMILES string of the molecule is COCCCn1cccc(I)c1=O. The average molecular weight is 293 g/mol. The first kappa shape index (κ1) is 10.7. The maximum atomic E-state index is 11.5. The lowest BCUT2D eigenvalue weighted by molar-refractivity contribution is 0.190. The van der Waals surface area contributed by atoms with Crippen LogP contribution in [0.1, 0.15) is 6.42 Å². The fourth-order valence-electron chi connectivity index (χ4n) is 1.06. The van der Waals surface area contributed by atoms with Crippen LogP contribution in [0, 0.1) is 3.57 Å². The molecule has 0 unspecified atom stereocenters. The van der Waals surface area contributed by atoms with Gasteiger partial charge in [0.25, 0.3) is 5.56 Å². The van der Waals surface area contributed by atoms with Gasteiger partial charge in [0.2, 0.25) is 0 Å². The third kappa shape index (κ3) is 3.11. The molecule has 72 valence electrons. The summed E-state index contributed by atoms with van der Waals surface area (Å²) in [5.41, 5.74) is 0.0826. The van der Waals surface area contributed by atoms with E-state index in [0.717, 1.165) is 16.5 Å². The van der Waals surface area contributed by atoms with Crippen LogP contribution < -0.4 is 5.56 Å². The molecule has 1 aromatic heterocycles. The van der Waals surface area contributed by atoms with Crippen LogP contribution in [0.5, 0.6) is 0 Å². The number of methoxy groups -OCH3 is 1. The predicted molar refractivity (Wildman–Crippen MR) is 59.9 cm³/mol. The third-order valence-corrected chi connectivity index (χ3v) is 2.54. The van der Waals surface area contributed by atoms with Crippen molar-refractivity contribution in [2.75, 3.05) is 13.7 Å². The van der Waals surface area contributed by atoms with Crippen LogP contribution in [-0.2, 0) is 11.3 Å². The lowest BCUT2D eigenvalue weighted by Crippen LogP contribution is -2.21. The fourth-order valence-corrected chi connectivity index (χ4v) is 1.58. The van der Waals surface area contributed by atoms with E-state index in [9.17, 15) is 4.79 Å². The second kappa shape index (κ2) is 5.39. The summed E-state index contributed by atoms with van der Waals surface area (Å²) in [5.74, 6) is 0. The van der Waals surface area contributed by atoms with Crippen molar-refractivity contribution < 1.29 is 4.74 Å². The van der Waals surface area contributed by atoms with Gasteiger partial charge in [-0.2, -0.15) is 0 Å². The van der Waals surface area contributed by atoms with Crippen LogP contribution >= 0.6 is 22.6 Å². The lowest BCUT2D eigenvalue weighted by atomic mass is 10.4. The van der Waals surface area contributed by atoms with Gasteiger partial charge in [0.1, 0.15) is 0 Å². The van der Waals surface area contributed by atoms with Crippen LogP contribution in [0.15, 0.2) is 23.1 Å². The van der Waals surface area contributed by atoms with E-state index >= 15 is 0 Å². The highest BCUT2D eigenvalue weighted by molar-refractivity contribution is 14.1. The first-order valence-corrected chi connectivity index (χ1v) is 5.17. The van der Waals surface area contributed by atoms with Crippen molar-refractivity contribution in [1.29, 1.82) is 0 Å². The van der Waals surface area contributed by atoms with Crippen molar-refractivity contribution in [3.63, 3.8) is 0 Å². The molecule has 0 aliphatic carbocycles. The van der Waals surface area contributed by atoms with Crippen LogP contribution in [0.4, 0.5) is 0 Å². The minimum Gasteiger partial charge on any atom is -0.385 e. The van der Waals surface area contributed by atoms with E-state index in [1.807, 2.05) is 34.7 Å². The van der Waals surface area contributed by atoms with Gasteiger partial charge in [-0.1, -0.05) is 0 Å². The standard InChI is InChI=1S/C9H12INO2/c1-13-7-3-6-11-5-2-4-8(10)9(11)12/h2,4-5H,3,6-7H2,1H3. The van der Waals surface area contributed by atoms with E-state index in [-0.39, 0.29) is 5.56 Å². The fraction of sp³-hybridized carbons (Fsp3) is 0.444. The molecule has 0 radical (unpaired) electrons. The van der Waals surface area contributed by atoms with Crippen molar-refractivity contribution in [3.8, 4) is 0 Å². The molecule has 0 saturated heterocycles. The van der Waals surface area contributed by atoms with Crippen molar-refractivity contribution in [3.05, 3.63) is 32.3 Å². The van der Waals surface area contributed by atoms with Gasteiger partial charge in [0.15, 0.2) is 0 Å². The minimum absolute atomic E-state index is 0.0826. The van der Waals surface area contributed by atoms with E-state index < -0.39 is 0 Å². The molecule has 0 aliphatic rings. The molecule has 0 aliphatic heterocycles. The Morgan fingerprint density at radius 2 is 2.38 bits per heavy atom. The van der Waals surface area contributed by atoms with Gasteiger partial charge < -0.3 is 9.30 Å². The monoisotopic (exact) mass is 293 g/mol. The predicted octanol–water partition coefficient (Wildman–Crippen LogP) is 1.49. The number of aryl methyl sites for hydroxylation is 1. The molecule has 1 rings (SSSR count). The molecule has 0 amide bonds. The van der Waals surface area contributed by atoms with Gasteiger partial charge in [0.05, 0.1) is 3.57 Å². The van der Waals surface area contributed by atoms with Crippen molar-refractivity contribution in [1.82, 2.24) is 4.57 Å². The van der Waals surface area contributed by atoms with Gasteiger partial charge in [-0.25, -0.2) is 0 Å². The zero-order valence-corrected chi connectivity index (χ0v) is 9.65. The molecule has 0 spiro atoms. The average Bonchev–Trinajstić information content (AvgIpc) is 2.13. The summed E-state index contributed by atoms with van der Waals surface area (Å²) in [6.45, 7) is 1.42. The second-order valence-corrected chi connectivity index (χ2v) is 3.86. The molecule has 0 N–H and O–H groups in total. The Labute approximate surface area is 90.9 Å². The van der Waals surface area contributed by atoms with Gasteiger partial charge in [-0.15, -0.1) is 0 Å². The molecule has 4 heteroatoms. The lowest BCUT2D eigenvalue weighted by Gasteiger charge is -2.04. The first-order valence-electron chi connectivity index (χ1n) is 4.09. The quantitative estimate of drug-likeness (QED) is 0.622. The Kier molecular flexibility index (Phi) is 4.44. The summed E-state index contributed by atoms with van der Waals surface area (Å²) < 4.78 is 7.39. The third-order valence-electron chi connectivity index (χ3n) is 1.72. The molecular formula is C9H12INO2. The Bertz CT molecular complexity index is 322. The topological polar surface area (TPSA) is 31.2 Å². The number of nitrogens with zero attached hydrogens (tertiary/aromatic N) is 1. The summed E-state index contributed by atoms with van der Waals surface area (Å²) in [5, 5.41) is 0. The van der Waals surface area contributed by atoms with Gasteiger partial charge in [-0.3, -0.25) is 4.79 Å². The zero-order chi connectivity index (χ0) is 9.68. The summed E-state index contributed by atoms with van der Waals surface area (Å²) in [4.78, 5) is 11.5. The first-order chi connectivity index (χ1) is 6.25. The van der Waals surface area contributed by atoms with Crippen LogP contribution in [0.3, 0.4) is 0 Å². The smallest absolute Gasteiger partial charge is 0.263 e. The van der Waals surface area contributed by atoms with Crippen molar-refractivity contribution in [2.24, 2.45) is 0 Å². The molecule has 0 atom stereocenters. The number of hydrogen-bond donors (Lipinski definition) is 0. The summed E-state index contributed by atoms with van der Waals surface area (Å²) >= 11 is 2.05. The molecule has 13 heavy (non-hydrogen) atoms. The number of halogens is 1. The van der Waals surface area contributed by atoms with Crippen molar-refractivity contribution >= 4 is 22.6 Å². The highest BCUT2D eigenvalue weighted by Crippen LogP contribution is 1.96. The van der Waals surface area contributed by atoms with E-state index in [1.165, 1.54) is 0 Å². The summed E-state index contributed by atoms with van der Waals surface area (Å²) in [6, 6.07) is 3.70. The van der Waals surface area contributed by atoms with E-state index in [0.29, 0.717) is 6.61 Å². The van der Waals surface area contributed by atoms with Gasteiger partial charge >= 0.3 is 0 Å². The normalized spacial score (nSPS) is 10.3. The van der Waals surface area contributed by atoms with Crippen LogP contribution in [0.2, 0.25) is 0 Å². The second-order valence-electron chi connectivity index (χ2n) is 2.70. The molecule has 0 bridgehead atoms. The molecule has 3 nitrogen and oxygen atoms in total. The Morgan fingerprint density at radius 3 is 3.08 bits per heavy atom. The highest BCUT2D eigenvalue weighted by atomic mass is 127. The van der Waals surface area contributed by atoms with Gasteiger partial charge in [-0.05, 0) is 41.1 Å². The van der Waals surface area contributed by atoms with E-state index in [2.05, 4.69) is 0 Å². The number of aromatic nitrogens is 1. The number of rotatable bonds is 4. The molecular weight excluding hydrogens is 281 g/mol. The van der Waals surface area contributed by atoms with E-state index in [1.54, 1.807) is 17.9 Å². The molecule has 0 saturated carbocycles. The summed E-state index contributed by atoms with van der Waals surface area (Å²) in [6.07, 6.45) is 2.68. The Hall–Kier alpha value is -0.360. The summed E-state index contributed by atoms with van der Waals surface area (Å²) in [7, 11) is 1.66. The molecule has 1 heterocycles. The van der Waals surface area contributed by atoms with Crippen LogP contribution in [0.25, 0.3) is 0 Å². The highest BCUT2D eigenvalue weighted by Gasteiger charge is 1.98. The molecule has 0 aromatic carbocycles. The van der Waals surface area contributed by atoms with E-state index in [4.69, 9.17) is 4.74 Å².